The van der Waals surface area contributed by atoms with E-state index in [1.165, 1.54) is 41.5 Å². The van der Waals surface area contributed by atoms with Gasteiger partial charge in [-0.1, -0.05) is 0 Å². The molecule has 1 aliphatic carbocycles. The zero-order chi connectivity index (χ0) is 19.5. The van der Waals surface area contributed by atoms with Gasteiger partial charge in [-0.2, -0.15) is 0 Å². The number of hydrogen-bond donors (Lipinski definition) is 0. The van der Waals surface area contributed by atoms with Crippen molar-refractivity contribution in [1.29, 1.82) is 0 Å². The van der Waals surface area contributed by atoms with Crippen molar-refractivity contribution in [2.75, 3.05) is 14.2 Å². The number of benzene rings is 2. The van der Waals surface area contributed by atoms with E-state index in [0.717, 1.165) is 24.6 Å². The Labute approximate surface area is 175 Å². The molecular weight excluding hydrogens is 415 g/mol. The van der Waals surface area contributed by atoms with Crippen molar-refractivity contribution in [3.63, 3.8) is 0 Å². The molecule has 2 aliphatic rings. The summed E-state index contributed by atoms with van der Waals surface area (Å²) in [5, 5.41) is 0. The molecule has 0 spiro atoms. The first-order valence-corrected chi connectivity index (χ1v) is 10.9. The third-order valence-electron chi connectivity index (χ3n) is 6.01. The normalized spacial score (nSPS) is 21.6. The van der Waals surface area contributed by atoms with Gasteiger partial charge in [0, 0.05) is 0 Å². The Kier molecular flexibility index (Phi) is 5.93. The van der Waals surface area contributed by atoms with E-state index in [9.17, 15) is 0 Å². The fraction of sp³-hybridized carbons (Fsp3) is 0.435. The summed E-state index contributed by atoms with van der Waals surface area (Å²) in [5.41, 5.74) is 2.65. The number of fused-ring (bicyclic) bond motifs is 1. The van der Waals surface area contributed by atoms with Gasteiger partial charge in [0.25, 0.3) is 0 Å². The van der Waals surface area contributed by atoms with Gasteiger partial charge < -0.3 is 0 Å². The Morgan fingerprint density at radius 1 is 0.750 bits per heavy atom. The molecule has 1 aliphatic heterocycles. The number of methoxy groups -OCH3 is 2. The number of hydrogen-bond acceptors (Lipinski definition) is 4. The van der Waals surface area contributed by atoms with Crippen molar-refractivity contribution in [2.45, 2.75) is 50.9 Å². The van der Waals surface area contributed by atoms with Crippen molar-refractivity contribution in [2.24, 2.45) is 0 Å². The van der Waals surface area contributed by atoms with Gasteiger partial charge in [-0.25, -0.2) is 0 Å². The predicted molar refractivity (Wildman–Crippen MR) is 114 cm³/mol. The van der Waals surface area contributed by atoms with Crippen LogP contribution in [0.25, 0.3) is 0 Å². The van der Waals surface area contributed by atoms with Gasteiger partial charge in [-0.15, -0.1) is 0 Å². The van der Waals surface area contributed by atoms with Gasteiger partial charge >= 0.3 is 176 Å². The summed E-state index contributed by atoms with van der Waals surface area (Å²) in [6.45, 7) is 1.87. The SMILES string of the molecule is COc1ccc(CN2C(=[Se])N(Cc3ccc(OC)cc3)[C@@H]3CCCC[C@H]32)cc1. The Balaban J connectivity index is 1.52. The van der Waals surface area contributed by atoms with E-state index in [0.29, 0.717) is 12.1 Å². The second kappa shape index (κ2) is 8.59. The predicted octanol–water partition coefficient (Wildman–Crippen LogP) is 3.59. The van der Waals surface area contributed by atoms with Crippen LogP contribution in [0.4, 0.5) is 0 Å². The molecule has 1 saturated heterocycles. The monoisotopic (exact) mass is 444 g/mol. The topological polar surface area (TPSA) is 24.9 Å². The zero-order valence-electron chi connectivity index (χ0n) is 16.6. The van der Waals surface area contributed by atoms with Crippen LogP contribution < -0.4 is 9.47 Å². The molecule has 0 N–H and O–H groups in total. The van der Waals surface area contributed by atoms with Crippen LogP contribution in [0.2, 0.25) is 0 Å². The van der Waals surface area contributed by atoms with E-state index in [1.807, 2.05) is 0 Å². The Morgan fingerprint density at radius 2 is 1.14 bits per heavy atom. The summed E-state index contributed by atoms with van der Waals surface area (Å²) < 4.78 is 11.9. The second-order valence-corrected chi connectivity index (χ2v) is 8.42. The number of ether oxygens (including phenoxy) is 2. The first kappa shape index (κ1) is 19.4. The molecule has 4 nitrogen and oxygen atoms in total. The van der Waals surface area contributed by atoms with Crippen LogP contribution in [0, 0.1) is 0 Å². The van der Waals surface area contributed by atoms with Gasteiger partial charge in [0.05, 0.1) is 0 Å². The molecule has 2 aromatic carbocycles. The van der Waals surface area contributed by atoms with Crippen molar-refractivity contribution in [3.8, 4) is 11.5 Å². The van der Waals surface area contributed by atoms with Crippen LogP contribution in [0.3, 0.4) is 0 Å². The van der Waals surface area contributed by atoms with Gasteiger partial charge in [0.1, 0.15) is 0 Å². The summed E-state index contributed by atoms with van der Waals surface area (Å²) in [6.07, 6.45) is 5.18. The van der Waals surface area contributed by atoms with E-state index < -0.39 is 0 Å². The van der Waals surface area contributed by atoms with E-state index in [-0.39, 0.29) is 0 Å². The third-order valence-corrected chi connectivity index (χ3v) is 6.99. The van der Waals surface area contributed by atoms with Crippen molar-refractivity contribution < 1.29 is 9.47 Å². The molecule has 4 rings (SSSR count). The molecule has 0 amide bonds. The molecule has 28 heavy (non-hydrogen) atoms. The minimum absolute atomic E-state index is 0.588. The van der Waals surface area contributed by atoms with Crippen LogP contribution >= 0.6 is 0 Å². The quantitative estimate of drug-likeness (QED) is 0.638. The van der Waals surface area contributed by atoms with Gasteiger partial charge in [-0.3, -0.25) is 0 Å². The summed E-state index contributed by atoms with van der Waals surface area (Å²) >= 11 is 3.40. The van der Waals surface area contributed by atoms with E-state index >= 15 is 0 Å². The van der Waals surface area contributed by atoms with E-state index in [4.69, 9.17) is 9.47 Å². The average molecular weight is 443 g/mol. The molecule has 2 aromatic rings. The fourth-order valence-electron chi connectivity index (χ4n) is 4.49. The molecule has 148 valence electrons. The maximum absolute atomic E-state index is 5.30. The molecule has 0 aromatic heterocycles. The van der Waals surface area contributed by atoms with E-state index in [1.54, 1.807) is 14.2 Å². The first-order chi connectivity index (χ1) is 13.7. The molecule has 0 bridgehead atoms. The summed E-state index contributed by atoms with van der Waals surface area (Å²) in [6, 6.07) is 18.1. The second-order valence-electron chi connectivity index (χ2n) is 7.65. The Morgan fingerprint density at radius 3 is 1.50 bits per heavy atom. The van der Waals surface area contributed by atoms with Gasteiger partial charge in [-0.05, 0) is 0 Å². The molecule has 2 atom stereocenters. The van der Waals surface area contributed by atoms with Crippen LogP contribution in [0.1, 0.15) is 36.8 Å². The fourth-order valence-corrected chi connectivity index (χ4v) is 5.33. The van der Waals surface area contributed by atoms with Crippen LogP contribution in [-0.4, -0.2) is 56.3 Å². The average Bonchev–Trinajstić information content (AvgIpc) is 3.01. The molecule has 0 unspecified atom stereocenters. The first-order valence-electron chi connectivity index (χ1n) is 10.0. The standard InChI is InChI=1S/C23H28N2O2Se/c1-26-19-11-7-17(8-12-19)15-24-21-5-3-4-6-22(21)25(23(24)28)16-18-9-13-20(27-2)14-10-18/h7-14,21-22H,3-6,15-16H2,1-2H3/t21-,22-/m1/s1. The zero-order valence-corrected chi connectivity index (χ0v) is 18.3. The molecule has 1 saturated carbocycles. The van der Waals surface area contributed by atoms with Crippen molar-refractivity contribution in [1.82, 2.24) is 9.80 Å². The Bertz CT molecular complexity index is 739. The molecule has 2 fully saturated rings. The number of nitrogens with zero attached hydrogens (tertiary/aromatic N) is 2. The number of rotatable bonds is 6. The van der Waals surface area contributed by atoms with Crippen LogP contribution in [0.15, 0.2) is 48.5 Å². The van der Waals surface area contributed by atoms with Gasteiger partial charge in [0.15, 0.2) is 0 Å². The molecule has 0 radical (unpaired) electrons. The van der Waals surface area contributed by atoms with Crippen LogP contribution in [-0.2, 0) is 13.1 Å². The van der Waals surface area contributed by atoms with Crippen molar-refractivity contribution in [3.05, 3.63) is 59.7 Å². The summed E-state index contributed by atoms with van der Waals surface area (Å²) in [5.74, 6) is 1.82. The van der Waals surface area contributed by atoms with E-state index in [2.05, 4.69) is 73.9 Å². The van der Waals surface area contributed by atoms with Gasteiger partial charge in [0.2, 0.25) is 0 Å². The Hall–Kier alpha value is -1.97. The minimum atomic E-state index is 0.588. The van der Waals surface area contributed by atoms with Crippen LogP contribution in [0.5, 0.6) is 11.5 Å². The molecule has 5 heteroatoms. The molecular formula is C23H28N2O2Se. The summed E-state index contributed by atoms with van der Waals surface area (Å²) in [4.78, 5) is 5.16. The van der Waals surface area contributed by atoms with Crippen molar-refractivity contribution >= 4 is 20.2 Å². The maximum atomic E-state index is 5.30. The molecule has 1 heterocycles. The summed E-state index contributed by atoms with van der Waals surface area (Å²) in [7, 11) is 3.43. The third kappa shape index (κ3) is 3.92.